The van der Waals surface area contributed by atoms with Crippen LogP contribution in [0.1, 0.15) is 5.56 Å². The first-order valence-corrected chi connectivity index (χ1v) is 5.68. The van der Waals surface area contributed by atoms with Crippen molar-refractivity contribution >= 4 is 27.5 Å². The highest BCUT2D eigenvalue weighted by atomic mass is 15.0. The summed E-state index contributed by atoms with van der Waals surface area (Å²) < 4.78 is 2.14. The molecule has 3 heteroatoms. The number of nitrogen functional groups attached to an aromatic ring is 1. The van der Waals surface area contributed by atoms with E-state index in [0.29, 0.717) is 6.54 Å². The van der Waals surface area contributed by atoms with Gasteiger partial charge in [-0.25, -0.2) is 0 Å². The first-order valence-electron chi connectivity index (χ1n) is 5.68. The van der Waals surface area contributed by atoms with E-state index in [9.17, 15) is 0 Å². The number of para-hydroxylation sites is 1. The van der Waals surface area contributed by atoms with Gasteiger partial charge in [0.2, 0.25) is 0 Å². The Morgan fingerprint density at radius 2 is 1.82 bits per heavy atom. The average Bonchev–Trinajstić information content (AvgIpc) is 2.65. The molecule has 0 bridgehead atoms. The fourth-order valence-corrected chi connectivity index (χ4v) is 2.52. The Balaban J connectivity index is 2.57. The zero-order valence-electron chi connectivity index (χ0n) is 9.77. The molecule has 1 heterocycles. The molecule has 0 saturated carbocycles. The Hall–Kier alpha value is -2.00. The SMILES string of the molecule is Cn1c2ccccc2c2ccc(CN)c(N)c21. The predicted molar refractivity (Wildman–Crippen MR) is 72.7 cm³/mol. The summed E-state index contributed by atoms with van der Waals surface area (Å²) in [6, 6.07) is 12.5. The molecule has 0 atom stereocenters. The van der Waals surface area contributed by atoms with E-state index in [1.54, 1.807) is 0 Å². The van der Waals surface area contributed by atoms with E-state index in [1.165, 1.54) is 16.3 Å². The fraction of sp³-hybridized carbons (Fsp3) is 0.143. The van der Waals surface area contributed by atoms with Crippen molar-refractivity contribution in [2.24, 2.45) is 12.8 Å². The van der Waals surface area contributed by atoms with Gasteiger partial charge < -0.3 is 16.0 Å². The van der Waals surface area contributed by atoms with Crippen LogP contribution in [0.25, 0.3) is 21.8 Å². The van der Waals surface area contributed by atoms with Crippen LogP contribution in [0.15, 0.2) is 36.4 Å². The first-order chi connectivity index (χ1) is 8.24. The molecule has 0 radical (unpaired) electrons. The standard InChI is InChI=1S/C14H15N3/c1-17-12-5-3-2-4-10(12)11-7-6-9(8-15)13(16)14(11)17/h2-7H,8,15-16H2,1H3. The van der Waals surface area contributed by atoms with Crippen molar-refractivity contribution in [2.45, 2.75) is 6.54 Å². The van der Waals surface area contributed by atoms with Gasteiger partial charge in [-0.05, 0) is 11.6 Å². The molecule has 2 aromatic carbocycles. The largest absolute Gasteiger partial charge is 0.397 e. The van der Waals surface area contributed by atoms with Crippen molar-refractivity contribution in [2.75, 3.05) is 5.73 Å². The topological polar surface area (TPSA) is 57.0 Å². The summed E-state index contributed by atoms with van der Waals surface area (Å²) in [7, 11) is 2.04. The van der Waals surface area contributed by atoms with E-state index in [0.717, 1.165) is 16.8 Å². The summed E-state index contributed by atoms with van der Waals surface area (Å²) in [6.07, 6.45) is 0. The molecule has 0 aliphatic heterocycles. The summed E-state index contributed by atoms with van der Waals surface area (Å²) in [6.45, 7) is 0.475. The summed E-state index contributed by atoms with van der Waals surface area (Å²) in [4.78, 5) is 0. The van der Waals surface area contributed by atoms with E-state index in [-0.39, 0.29) is 0 Å². The molecular formula is C14H15N3. The number of rotatable bonds is 1. The van der Waals surface area contributed by atoms with Gasteiger partial charge in [0.15, 0.2) is 0 Å². The van der Waals surface area contributed by atoms with Crippen LogP contribution in [-0.4, -0.2) is 4.57 Å². The molecule has 0 spiro atoms. The maximum atomic E-state index is 6.19. The van der Waals surface area contributed by atoms with Gasteiger partial charge in [0.1, 0.15) is 0 Å². The number of nitrogens with zero attached hydrogens (tertiary/aromatic N) is 1. The smallest absolute Gasteiger partial charge is 0.0725 e. The van der Waals surface area contributed by atoms with Crippen LogP contribution in [0.2, 0.25) is 0 Å². The molecule has 0 saturated heterocycles. The second-order valence-corrected chi connectivity index (χ2v) is 4.31. The fourth-order valence-electron chi connectivity index (χ4n) is 2.52. The van der Waals surface area contributed by atoms with E-state index in [1.807, 2.05) is 19.2 Å². The Bertz CT molecular complexity index is 710. The molecule has 0 aliphatic carbocycles. The number of fused-ring (bicyclic) bond motifs is 3. The highest BCUT2D eigenvalue weighted by Crippen LogP contribution is 2.33. The van der Waals surface area contributed by atoms with Crippen LogP contribution in [0, 0.1) is 0 Å². The molecule has 0 unspecified atom stereocenters. The molecule has 3 nitrogen and oxygen atoms in total. The number of hydrogen-bond donors (Lipinski definition) is 2. The number of aryl methyl sites for hydroxylation is 1. The zero-order valence-corrected chi connectivity index (χ0v) is 9.77. The minimum Gasteiger partial charge on any atom is -0.397 e. The van der Waals surface area contributed by atoms with Gasteiger partial charge in [0.25, 0.3) is 0 Å². The van der Waals surface area contributed by atoms with E-state index in [2.05, 4.69) is 28.8 Å². The Morgan fingerprint density at radius 1 is 1.06 bits per heavy atom. The molecule has 4 N–H and O–H groups in total. The second-order valence-electron chi connectivity index (χ2n) is 4.31. The maximum absolute atomic E-state index is 6.19. The van der Waals surface area contributed by atoms with Crippen molar-refractivity contribution in [1.29, 1.82) is 0 Å². The van der Waals surface area contributed by atoms with Gasteiger partial charge in [0.05, 0.1) is 11.2 Å². The highest BCUT2D eigenvalue weighted by molar-refractivity contribution is 6.12. The van der Waals surface area contributed by atoms with E-state index >= 15 is 0 Å². The van der Waals surface area contributed by atoms with Crippen LogP contribution >= 0.6 is 0 Å². The number of anilines is 1. The molecule has 3 aromatic rings. The Kier molecular flexibility index (Phi) is 2.09. The third-order valence-electron chi connectivity index (χ3n) is 3.42. The molecular weight excluding hydrogens is 210 g/mol. The van der Waals surface area contributed by atoms with Gasteiger partial charge in [0, 0.05) is 29.9 Å². The summed E-state index contributed by atoms with van der Waals surface area (Å²) in [5, 5.41) is 2.43. The van der Waals surface area contributed by atoms with Crippen LogP contribution in [0.3, 0.4) is 0 Å². The van der Waals surface area contributed by atoms with E-state index in [4.69, 9.17) is 11.5 Å². The van der Waals surface area contributed by atoms with Crippen molar-refractivity contribution in [3.8, 4) is 0 Å². The van der Waals surface area contributed by atoms with Crippen LogP contribution < -0.4 is 11.5 Å². The molecule has 0 amide bonds. The summed E-state index contributed by atoms with van der Waals surface area (Å²) >= 11 is 0. The van der Waals surface area contributed by atoms with Gasteiger partial charge in [-0.3, -0.25) is 0 Å². The third kappa shape index (κ3) is 1.26. The van der Waals surface area contributed by atoms with Gasteiger partial charge in [-0.15, -0.1) is 0 Å². The lowest BCUT2D eigenvalue weighted by atomic mass is 10.1. The van der Waals surface area contributed by atoms with Crippen molar-refractivity contribution in [3.05, 3.63) is 42.0 Å². The predicted octanol–water partition coefficient (Wildman–Crippen LogP) is 2.37. The molecule has 1 aromatic heterocycles. The summed E-state index contributed by atoms with van der Waals surface area (Å²) in [5.41, 5.74) is 16.0. The van der Waals surface area contributed by atoms with Crippen molar-refractivity contribution in [3.63, 3.8) is 0 Å². The van der Waals surface area contributed by atoms with Gasteiger partial charge in [-0.2, -0.15) is 0 Å². The second kappa shape index (κ2) is 3.50. The van der Waals surface area contributed by atoms with Crippen molar-refractivity contribution in [1.82, 2.24) is 4.57 Å². The first kappa shape index (κ1) is 10.2. The molecule has 0 aliphatic rings. The van der Waals surface area contributed by atoms with Crippen LogP contribution in [0.5, 0.6) is 0 Å². The third-order valence-corrected chi connectivity index (χ3v) is 3.42. The molecule has 86 valence electrons. The number of benzene rings is 2. The van der Waals surface area contributed by atoms with Gasteiger partial charge in [-0.1, -0.05) is 30.3 Å². The monoisotopic (exact) mass is 225 g/mol. The normalized spacial score (nSPS) is 11.4. The van der Waals surface area contributed by atoms with Crippen LogP contribution in [-0.2, 0) is 13.6 Å². The van der Waals surface area contributed by atoms with E-state index < -0.39 is 0 Å². The zero-order chi connectivity index (χ0) is 12.0. The van der Waals surface area contributed by atoms with Crippen LogP contribution in [0.4, 0.5) is 5.69 Å². The van der Waals surface area contributed by atoms with Gasteiger partial charge >= 0.3 is 0 Å². The van der Waals surface area contributed by atoms with Crippen molar-refractivity contribution < 1.29 is 0 Å². The molecule has 3 rings (SSSR count). The number of nitrogens with two attached hydrogens (primary N) is 2. The lowest BCUT2D eigenvalue weighted by Gasteiger charge is -2.06. The molecule has 17 heavy (non-hydrogen) atoms. The minimum absolute atomic E-state index is 0.475. The Labute approximate surface area is 99.6 Å². The average molecular weight is 225 g/mol. The quantitative estimate of drug-likeness (QED) is 0.625. The molecule has 0 fully saturated rings. The minimum atomic E-state index is 0.475. The maximum Gasteiger partial charge on any atom is 0.0725 e. The lowest BCUT2D eigenvalue weighted by molar-refractivity contribution is 1.01. The number of aromatic nitrogens is 1. The highest BCUT2D eigenvalue weighted by Gasteiger charge is 2.11. The lowest BCUT2D eigenvalue weighted by Crippen LogP contribution is -2.03. The summed E-state index contributed by atoms with van der Waals surface area (Å²) in [5.74, 6) is 0. The number of hydrogen-bond acceptors (Lipinski definition) is 2. The Morgan fingerprint density at radius 3 is 2.59 bits per heavy atom.